The number of hydrogen-bond acceptors (Lipinski definition) is 4. The van der Waals surface area contributed by atoms with Crippen LogP contribution in [-0.2, 0) is 20.9 Å². The predicted octanol–water partition coefficient (Wildman–Crippen LogP) is 1.35. The Morgan fingerprint density at radius 1 is 1.35 bits per heavy atom. The van der Waals surface area contributed by atoms with Gasteiger partial charge in [-0.05, 0) is 33.3 Å². The van der Waals surface area contributed by atoms with Gasteiger partial charge in [-0.3, -0.25) is 14.3 Å². The maximum Gasteiger partial charge on any atom is 0.306 e. The molecule has 20 heavy (non-hydrogen) atoms. The molecule has 0 aromatic carbocycles. The van der Waals surface area contributed by atoms with E-state index in [1.54, 1.807) is 6.92 Å². The molecule has 0 spiro atoms. The first-order valence-corrected chi connectivity index (χ1v) is 6.96. The van der Waals surface area contributed by atoms with Crippen molar-refractivity contribution in [3.8, 4) is 0 Å². The van der Waals surface area contributed by atoms with E-state index < -0.39 is 0 Å². The van der Waals surface area contributed by atoms with Crippen LogP contribution in [0.2, 0.25) is 0 Å². The minimum Gasteiger partial charge on any atom is -0.466 e. The molecule has 1 rings (SSSR count). The summed E-state index contributed by atoms with van der Waals surface area (Å²) in [5, 5.41) is 7.14. The molecule has 0 radical (unpaired) electrons. The van der Waals surface area contributed by atoms with Crippen molar-refractivity contribution in [3.63, 3.8) is 0 Å². The predicted molar refractivity (Wildman–Crippen MR) is 75.2 cm³/mol. The van der Waals surface area contributed by atoms with Gasteiger partial charge in [0.25, 0.3) is 0 Å². The quantitative estimate of drug-likeness (QED) is 0.576. The van der Waals surface area contributed by atoms with Crippen LogP contribution in [0.5, 0.6) is 0 Å². The molecule has 1 aromatic rings. The van der Waals surface area contributed by atoms with Gasteiger partial charge < -0.3 is 10.1 Å². The van der Waals surface area contributed by atoms with Gasteiger partial charge in [0.2, 0.25) is 5.91 Å². The lowest BCUT2D eigenvalue weighted by molar-refractivity contribution is -0.144. The van der Waals surface area contributed by atoms with E-state index in [4.69, 9.17) is 4.74 Å². The number of aryl methyl sites for hydroxylation is 3. The van der Waals surface area contributed by atoms with Gasteiger partial charge in [-0.25, -0.2) is 0 Å². The van der Waals surface area contributed by atoms with Crippen LogP contribution in [0.3, 0.4) is 0 Å². The smallest absolute Gasteiger partial charge is 0.306 e. The van der Waals surface area contributed by atoms with Crippen molar-refractivity contribution >= 4 is 11.9 Å². The van der Waals surface area contributed by atoms with E-state index in [0.717, 1.165) is 24.4 Å². The number of esters is 1. The summed E-state index contributed by atoms with van der Waals surface area (Å²) in [6.45, 7) is 7.43. The Balaban J connectivity index is 2.13. The molecule has 0 aliphatic heterocycles. The molecule has 0 saturated carbocycles. The highest BCUT2D eigenvalue weighted by Crippen LogP contribution is 2.02. The first-order chi connectivity index (χ1) is 9.52. The zero-order valence-electron chi connectivity index (χ0n) is 12.4. The molecule has 0 fully saturated rings. The molecule has 1 aromatic heterocycles. The Hall–Kier alpha value is -1.85. The highest BCUT2D eigenvalue weighted by molar-refractivity contribution is 5.81. The van der Waals surface area contributed by atoms with Gasteiger partial charge in [0, 0.05) is 25.2 Å². The fraction of sp³-hybridized carbons (Fsp3) is 0.643. The fourth-order valence-corrected chi connectivity index (χ4v) is 1.90. The lowest BCUT2D eigenvalue weighted by atomic mass is 10.3. The average Bonchev–Trinajstić information content (AvgIpc) is 2.71. The van der Waals surface area contributed by atoms with E-state index in [2.05, 4.69) is 10.4 Å². The maximum absolute atomic E-state index is 11.5. The van der Waals surface area contributed by atoms with Crippen molar-refractivity contribution in [3.05, 3.63) is 17.5 Å². The van der Waals surface area contributed by atoms with Crippen LogP contribution in [-0.4, -0.2) is 34.8 Å². The Kier molecular flexibility index (Phi) is 6.76. The van der Waals surface area contributed by atoms with E-state index in [1.165, 1.54) is 0 Å². The summed E-state index contributed by atoms with van der Waals surface area (Å²) in [7, 11) is 0. The number of hydrogen-bond donors (Lipinski definition) is 1. The molecular formula is C14H23N3O3. The van der Waals surface area contributed by atoms with Crippen LogP contribution in [0.25, 0.3) is 0 Å². The zero-order valence-corrected chi connectivity index (χ0v) is 12.4. The second-order valence-electron chi connectivity index (χ2n) is 4.66. The van der Waals surface area contributed by atoms with Crippen molar-refractivity contribution in [1.29, 1.82) is 0 Å². The maximum atomic E-state index is 11.5. The molecule has 6 heteroatoms. The van der Waals surface area contributed by atoms with Crippen LogP contribution in [0.1, 0.15) is 37.6 Å². The lowest BCUT2D eigenvalue weighted by Crippen LogP contribution is -2.26. The van der Waals surface area contributed by atoms with Crippen molar-refractivity contribution in [2.24, 2.45) is 0 Å². The second-order valence-corrected chi connectivity index (χ2v) is 4.66. The van der Waals surface area contributed by atoms with Crippen LogP contribution in [0.4, 0.5) is 0 Å². The first kappa shape index (κ1) is 16.2. The van der Waals surface area contributed by atoms with Gasteiger partial charge in [0.15, 0.2) is 0 Å². The molecule has 112 valence electrons. The Bertz CT molecular complexity index is 455. The Morgan fingerprint density at radius 3 is 2.70 bits per heavy atom. The zero-order chi connectivity index (χ0) is 15.0. The largest absolute Gasteiger partial charge is 0.466 e. The molecule has 0 saturated heterocycles. The van der Waals surface area contributed by atoms with E-state index >= 15 is 0 Å². The van der Waals surface area contributed by atoms with Crippen molar-refractivity contribution < 1.29 is 14.3 Å². The molecule has 1 heterocycles. The number of carbonyl (C=O) groups excluding carboxylic acids is 2. The van der Waals surface area contributed by atoms with Crippen LogP contribution >= 0.6 is 0 Å². The lowest BCUT2D eigenvalue weighted by Gasteiger charge is -2.06. The van der Waals surface area contributed by atoms with Crippen LogP contribution < -0.4 is 5.32 Å². The third-order valence-electron chi connectivity index (χ3n) is 2.83. The number of nitrogens with one attached hydrogen (secondary N) is 1. The minimum absolute atomic E-state index is 0.119. The molecule has 0 aliphatic rings. The van der Waals surface area contributed by atoms with E-state index in [9.17, 15) is 9.59 Å². The van der Waals surface area contributed by atoms with E-state index in [-0.39, 0.29) is 24.7 Å². The van der Waals surface area contributed by atoms with Crippen LogP contribution in [0, 0.1) is 13.8 Å². The van der Waals surface area contributed by atoms with Crippen molar-refractivity contribution in [2.45, 2.75) is 46.6 Å². The molecular weight excluding hydrogens is 258 g/mol. The van der Waals surface area contributed by atoms with Gasteiger partial charge in [-0.15, -0.1) is 0 Å². The van der Waals surface area contributed by atoms with E-state index in [1.807, 2.05) is 24.6 Å². The summed E-state index contributed by atoms with van der Waals surface area (Å²) >= 11 is 0. The van der Waals surface area contributed by atoms with Crippen molar-refractivity contribution in [2.75, 3.05) is 13.2 Å². The minimum atomic E-state index is -0.328. The Labute approximate surface area is 119 Å². The first-order valence-electron chi connectivity index (χ1n) is 6.96. The highest BCUT2D eigenvalue weighted by atomic mass is 16.5. The fourth-order valence-electron chi connectivity index (χ4n) is 1.90. The molecule has 0 bridgehead atoms. The molecule has 0 unspecified atom stereocenters. The summed E-state index contributed by atoms with van der Waals surface area (Å²) in [5.74, 6) is -0.447. The van der Waals surface area contributed by atoms with Crippen LogP contribution in [0.15, 0.2) is 6.07 Å². The molecule has 1 N–H and O–H groups in total. The topological polar surface area (TPSA) is 73.2 Å². The summed E-state index contributed by atoms with van der Waals surface area (Å²) in [6, 6.07) is 2.03. The van der Waals surface area contributed by atoms with Gasteiger partial charge >= 0.3 is 5.97 Å². The second kappa shape index (κ2) is 8.35. The van der Waals surface area contributed by atoms with Gasteiger partial charge in [-0.2, -0.15) is 5.10 Å². The monoisotopic (exact) mass is 281 g/mol. The van der Waals surface area contributed by atoms with Gasteiger partial charge in [0.05, 0.1) is 18.7 Å². The number of amides is 1. The van der Waals surface area contributed by atoms with Crippen molar-refractivity contribution in [1.82, 2.24) is 15.1 Å². The third-order valence-corrected chi connectivity index (χ3v) is 2.83. The SMILES string of the molecule is CCOC(=O)CCC(=O)NCCCn1nc(C)cc1C. The summed E-state index contributed by atoms with van der Waals surface area (Å²) in [5.41, 5.74) is 2.12. The molecule has 1 amide bonds. The summed E-state index contributed by atoms with van der Waals surface area (Å²) < 4.78 is 6.69. The average molecular weight is 281 g/mol. The standard InChI is InChI=1S/C14H23N3O3/c1-4-20-14(19)7-6-13(18)15-8-5-9-17-12(3)10-11(2)16-17/h10H,4-9H2,1-3H3,(H,15,18). The number of aromatic nitrogens is 2. The normalized spacial score (nSPS) is 10.3. The summed E-state index contributed by atoms with van der Waals surface area (Å²) in [4.78, 5) is 22.6. The molecule has 0 aliphatic carbocycles. The number of rotatable bonds is 8. The number of nitrogens with zero attached hydrogens (tertiary/aromatic N) is 2. The summed E-state index contributed by atoms with van der Waals surface area (Å²) in [6.07, 6.45) is 1.13. The van der Waals surface area contributed by atoms with Gasteiger partial charge in [-0.1, -0.05) is 0 Å². The third kappa shape index (κ3) is 5.86. The Morgan fingerprint density at radius 2 is 2.10 bits per heavy atom. The van der Waals surface area contributed by atoms with E-state index in [0.29, 0.717) is 13.2 Å². The van der Waals surface area contributed by atoms with Gasteiger partial charge in [0.1, 0.15) is 0 Å². The highest BCUT2D eigenvalue weighted by Gasteiger charge is 2.07. The molecule has 6 nitrogen and oxygen atoms in total. The number of ether oxygens (including phenoxy) is 1. The number of carbonyl (C=O) groups is 2. The molecule has 0 atom stereocenters.